The number of rotatable bonds is 4. The maximum absolute atomic E-state index is 13.8. The summed E-state index contributed by atoms with van der Waals surface area (Å²) in [6, 6.07) is 10.5. The van der Waals surface area contributed by atoms with Crippen LogP contribution in [0.3, 0.4) is 0 Å². The molecule has 5 heteroatoms. The molecule has 0 saturated heterocycles. The molecular formula is C16H15FN2OS. The Kier molecular flexibility index (Phi) is 3.84. The maximum Gasteiger partial charge on any atom is 0.243 e. The molecule has 1 aromatic heterocycles. The van der Waals surface area contributed by atoms with E-state index in [4.69, 9.17) is 0 Å². The third-order valence-electron chi connectivity index (χ3n) is 3.38. The average molecular weight is 302 g/mol. The molecule has 1 fully saturated rings. The van der Waals surface area contributed by atoms with Gasteiger partial charge in [-0.15, -0.1) is 11.3 Å². The molecule has 108 valence electrons. The summed E-state index contributed by atoms with van der Waals surface area (Å²) in [5, 5.41) is 4.12. The van der Waals surface area contributed by atoms with Crippen molar-refractivity contribution in [2.75, 3.05) is 0 Å². The number of thiophene rings is 1. The summed E-state index contributed by atoms with van der Waals surface area (Å²) in [7, 11) is 0. The van der Waals surface area contributed by atoms with Crippen molar-refractivity contribution in [3.8, 4) is 10.4 Å². The maximum atomic E-state index is 13.8. The van der Waals surface area contributed by atoms with Crippen molar-refractivity contribution in [2.24, 2.45) is 11.0 Å². The van der Waals surface area contributed by atoms with E-state index in [1.165, 1.54) is 17.4 Å². The van der Waals surface area contributed by atoms with Crippen molar-refractivity contribution in [3.63, 3.8) is 0 Å². The summed E-state index contributed by atoms with van der Waals surface area (Å²) in [6.45, 7) is 1.84. The predicted octanol–water partition coefficient (Wildman–Crippen LogP) is 3.80. The molecule has 0 radical (unpaired) electrons. The van der Waals surface area contributed by atoms with Crippen LogP contribution in [0.2, 0.25) is 0 Å². The third-order valence-corrected chi connectivity index (χ3v) is 4.61. The van der Waals surface area contributed by atoms with Crippen LogP contribution in [-0.4, -0.2) is 11.6 Å². The summed E-state index contributed by atoms with van der Waals surface area (Å²) in [5.74, 6) is -0.110. The lowest BCUT2D eigenvalue weighted by Crippen LogP contribution is -2.20. The van der Waals surface area contributed by atoms with Crippen molar-refractivity contribution >= 4 is 23.0 Å². The van der Waals surface area contributed by atoms with Gasteiger partial charge in [-0.1, -0.05) is 18.2 Å². The van der Waals surface area contributed by atoms with Gasteiger partial charge in [0.1, 0.15) is 5.82 Å². The van der Waals surface area contributed by atoms with Gasteiger partial charge in [0.05, 0.1) is 10.6 Å². The van der Waals surface area contributed by atoms with Gasteiger partial charge in [0.2, 0.25) is 5.91 Å². The van der Waals surface area contributed by atoms with E-state index in [1.54, 1.807) is 12.1 Å². The quantitative estimate of drug-likeness (QED) is 0.677. The topological polar surface area (TPSA) is 41.5 Å². The minimum absolute atomic E-state index is 0.0137. The number of hydrazone groups is 1. The van der Waals surface area contributed by atoms with E-state index in [0.717, 1.165) is 28.3 Å². The van der Waals surface area contributed by atoms with Crippen molar-refractivity contribution in [1.82, 2.24) is 5.43 Å². The Morgan fingerprint density at radius 1 is 1.29 bits per heavy atom. The number of hydrogen-bond donors (Lipinski definition) is 1. The van der Waals surface area contributed by atoms with Crippen molar-refractivity contribution < 1.29 is 9.18 Å². The highest BCUT2D eigenvalue weighted by molar-refractivity contribution is 7.17. The van der Waals surface area contributed by atoms with Gasteiger partial charge in [-0.3, -0.25) is 4.79 Å². The van der Waals surface area contributed by atoms with Crippen LogP contribution in [0.25, 0.3) is 10.4 Å². The number of halogens is 1. The summed E-state index contributed by atoms with van der Waals surface area (Å²) in [5.41, 5.74) is 3.90. The molecule has 1 amide bonds. The Hall–Kier alpha value is -2.01. The van der Waals surface area contributed by atoms with Crippen molar-refractivity contribution in [3.05, 3.63) is 47.1 Å². The van der Waals surface area contributed by atoms with Crippen LogP contribution in [0.4, 0.5) is 4.39 Å². The second-order valence-electron chi connectivity index (χ2n) is 5.09. The van der Waals surface area contributed by atoms with E-state index in [-0.39, 0.29) is 17.6 Å². The normalized spacial score (nSPS) is 15.0. The first-order valence-electron chi connectivity index (χ1n) is 6.84. The van der Waals surface area contributed by atoms with Crippen LogP contribution >= 0.6 is 11.3 Å². The smallest absolute Gasteiger partial charge is 0.243 e. The molecule has 21 heavy (non-hydrogen) atoms. The number of amides is 1. The Bertz CT molecular complexity index is 704. The molecule has 1 aromatic carbocycles. The molecule has 0 bridgehead atoms. The van der Waals surface area contributed by atoms with E-state index < -0.39 is 0 Å². The summed E-state index contributed by atoms with van der Waals surface area (Å²) >= 11 is 1.46. The molecule has 1 heterocycles. The highest BCUT2D eigenvalue weighted by atomic mass is 32.1. The number of carbonyl (C=O) groups excluding carboxylic acids is 1. The number of nitrogens with one attached hydrogen (secondary N) is 1. The fourth-order valence-electron chi connectivity index (χ4n) is 1.97. The van der Waals surface area contributed by atoms with Crippen LogP contribution in [0, 0.1) is 11.7 Å². The lowest BCUT2D eigenvalue weighted by molar-refractivity contribution is -0.122. The van der Waals surface area contributed by atoms with Crippen LogP contribution in [-0.2, 0) is 4.79 Å². The molecule has 1 saturated carbocycles. The lowest BCUT2D eigenvalue weighted by Gasteiger charge is -2.00. The molecular weight excluding hydrogens is 287 g/mol. The minimum atomic E-state index is -0.234. The molecule has 1 N–H and O–H groups in total. The SMILES string of the molecule is C/C(=N\NC(=O)C1CC1)c1ccc(-c2ccccc2F)s1. The first kappa shape index (κ1) is 13.9. The summed E-state index contributed by atoms with van der Waals surface area (Å²) in [6.07, 6.45) is 1.91. The highest BCUT2D eigenvalue weighted by Gasteiger charge is 2.29. The van der Waals surface area contributed by atoms with E-state index >= 15 is 0 Å². The molecule has 1 aliphatic carbocycles. The molecule has 2 aromatic rings. The average Bonchev–Trinajstić information content (AvgIpc) is 3.23. The van der Waals surface area contributed by atoms with E-state index in [1.807, 2.05) is 25.1 Å². The van der Waals surface area contributed by atoms with Gasteiger partial charge in [0, 0.05) is 16.4 Å². The molecule has 1 aliphatic rings. The van der Waals surface area contributed by atoms with Gasteiger partial charge in [-0.2, -0.15) is 5.10 Å². The minimum Gasteiger partial charge on any atom is -0.273 e. The molecule has 0 atom stereocenters. The molecule has 3 rings (SSSR count). The van der Waals surface area contributed by atoms with Crippen LogP contribution in [0.5, 0.6) is 0 Å². The van der Waals surface area contributed by atoms with Crippen LogP contribution in [0.1, 0.15) is 24.6 Å². The second kappa shape index (κ2) is 5.77. The van der Waals surface area contributed by atoms with E-state index in [0.29, 0.717) is 5.56 Å². The van der Waals surface area contributed by atoms with Gasteiger partial charge in [-0.25, -0.2) is 9.82 Å². The van der Waals surface area contributed by atoms with Gasteiger partial charge in [0.15, 0.2) is 0 Å². The fraction of sp³-hybridized carbons (Fsp3) is 0.250. The number of hydrogen-bond acceptors (Lipinski definition) is 3. The largest absolute Gasteiger partial charge is 0.273 e. The Morgan fingerprint density at radius 3 is 2.76 bits per heavy atom. The second-order valence-corrected chi connectivity index (χ2v) is 6.18. The molecule has 0 unspecified atom stereocenters. The lowest BCUT2D eigenvalue weighted by atomic mass is 10.2. The fourth-order valence-corrected chi connectivity index (χ4v) is 2.95. The molecule has 3 nitrogen and oxygen atoms in total. The number of carbonyl (C=O) groups is 1. The van der Waals surface area contributed by atoms with Gasteiger partial charge >= 0.3 is 0 Å². The van der Waals surface area contributed by atoms with Gasteiger partial charge in [0.25, 0.3) is 0 Å². The zero-order valence-electron chi connectivity index (χ0n) is 11.6. The highest BCUT2D eigenvalue weighted by Crippen LogP contribution is 2.30. The van der Waals surface area contributed by atoms with Crippen molar-refractivity contribution in [2.45, 2.75) is 19.8 Å². The molecule has 0 spiro atoms. The third kappa shape index (κ3) is 3.19. The Labute approximate surface area is 126 Å². The predicted molar refractivity (Wildman–Crippen MR) is 82.8 cm³/mol. The van der Waals surface area contributed by atoms with E-state index in [2.05, 4.69) is 10.5 Å². The monoisotopic (exact) mass is 302 g/mol. The summed E-state index contributed by atoms with van der Waals surface area (Å²) < 4.78 is 13.8. The Morgan fingerprint density at radius 2 is 2.05 bits per heavy atom. The zero-order chi connectivity index (χ0) is 14.8. The van der Waals surface area contributed by atoms with E-state index in [9.17, 15) is 9.18 Å². The zero-order valence-corrected chi connectivity index (χ0v) is 12.4. The first-order chi connectivity index (χ1) is 10.1. The Balaban J connectivity index is 1.76. The van der Waals surface area contributed by atoms with Crippen LogP contribution < -0.4 is 5.43 Å². The summed E-state index contributed by atoms with van der Waals surface area (Å²) in [4.78, 5) is 13.3. The van der Waals surface area contributed by atoms with Gasteiger partial charge in [-0.05, 0) is 38.0 Å². The molecule has 0 aliphatic heterocycles. The number of benzene rings is 1. The van der Waals surface area contributed by atoms with Crippen LogP contribution in [0.15, 0.2) is 41.5 Å². The first-order valence-corrected chi connectivity index (χ1v) is 7.66. The van der Waals surface area contributed by atoms with Gasteiger partial charge < -0.3 is 0 Å². The number of nitrogens with zero attached hydrogens (tertiary/aromatic N) is 1. The standard InChI is InChI=1S/C16H15FN2OS/c1-10(18-19-16(20)11-6-7-11)14-8-9-15(21-14)12-4-2-3-5-13(12)17/h2-5,8-9,11H,6-7H2,1H3,(H,19,20)/b18-10+. The van der Waals surface area contributed by atoms with Crippen molar-refractivity contribution in [1.29, 1.82) is 0 Å².